The van der Waals surface area contributed by atoms with Gasteiger partial charge in [-0.2, -0.15) is 0 Å². The summed E-state index contributed by atoms with van der Waals surface area (Å²) in [4.78, 5) is 0.320. The van der Waals surface area contributed by atoms with Crippen LogP contribution in [0.1, 0.15) is 11.1 Å². The van der Waals surface area contributed by atoms with Crippen LogP contribution in [0.4, 0.5) is 0 Å². The molecule has 0 amide bonds. The van der Waals surface area contributed by atoms with Gasteiger partial charge in [0.05, 0.1) is 9.79 Å². The van der Waals surface area contributed by atoms with Crippen molar-refractivity contribution in [2.75, 3.05) is 0 Å². The van der Waals surface area contributed by atoms with Crippen molar-refractivity contribution < 1.29 is 18.3 Å². The highest BCUT2D eigenvalue weighted by Gasteiger charge is 2.17. The van der Waals surface area contributed by atoms with Gasteiger partial charge in [0, 0.05) is 0 Å². The lowest BCUT2D eigenvalue weighted by molar-refractivity contribution is 0.305. The Morgan fingerprint density at radius 2 is 1.40 bits per heavy atom. The van der Waals surface area contributed by atoms with E-state index >= 15 is 0 Å². The highest BCUT2D eigenvalue weighted by molar-refractivity contribution is 7.91. The lowest BCUT2D eigenvalue weighted by Crippen LogP contribution is -2.02. The smallest absolute Gasteiger partial charge is 0.206 e. The van der Waals surface area contributed by atoms with E-state index in [1.54, 1.807) is 12.1 Å². The van der Waals surface area contributed by atoms with E-state index in [1.165, 1.54) is 36.4 Å². The summed E-state index contributed by atoms with van der Waals surface area (Å²) >= 11 is 0. The second kappa shape index (κ2) is 6.99. The maximum atomic E-state index is 12.6. The number of sulfone groups is 1. The summed E-state index contributed by atoms with van der Waals surface area (Å²) in [6.45, 7) is 2.45. The van der Waals surface area contributed by atoms with Gasteiger partial charge in [-0.05, 0) is 66.6 Å². The second-order valence-corrected chi connectivity index (χ2v) is 7.63. The van der Waals surface area contributed by atoms with E-state index in [0.717, 1.165) is 11.1 Å². The minimum Gasteiger partial charge on any atom is -0.508 e. The summed E-state index contributed by atoms with van der Waals surface area (Å²) in [7, 11) is -3.61. The third-order valence-corrected chi connectivity index (χ3v) is 5.72. The molecule has 1 N–H and O–H groups in total. The van der Waals surface area contributed by atoms with Gasteiger partial charge in [-0.3, -0.25) is 0 Å². The SMILES string of the molecule is Cc1ccccc1COc1ccc(S(=O)(=O)c2ccc(O)cc2)cc1. The molecule has 25 heavy (non-hydrogen) atoms. The van der Waals surface area contributed by atoms with Crippen LogP contribution in [0.2, 0.25) is 0 Å². The largest absolute Gasteiger partial charge is 0.508 e. The monoisotopic (exact) mass is 354 g/mol. The van der Waals surface area contributed by atoms with E-state index in [4.69, 9.17) is 4.74 Å². The topological polar surface area (TPSA) is 63.6 Å². The number of phenols is 1. The van der Waals surface area contributed by atoms with Gasteiger partial charge in [0.2, 0.25) is 9.84 Å². The average molecular weight is 354 g/mol. The van der Waals surface area contributed by atoms with Crippen LogP contribution in [0.25, 0.3) is 0 Å². The van der Waals surface area contributed by atoms with Crippen molar-refractivity contribution in [1.29, 1.82) is 0 Å². The molecule has 0 fully saturated rings. The molecule has 0 bridgehead atoms. The Bertz CT molecular complexity index is 959. The van der Waals surface area contributed by atoms with E-state index < -0.39 is 9.84 Å². The summed E-state index contributed by atoms with van der Waals surface area (Å²) in [5.41, 5.74) is 2.23. The summed E-state index contributed by atoms with van der Waals surface area (Å²) in [5, 5.41) is 9.29. The molecule has 0 aliphatic carbocycles. The molecule has 3 rings (SSSR count). The van der Waals surface area contributed by atoms with Gasteiger partial charge < -0.3 is 9.84 Å². The Labute approximate surface area is 147 Å². The fourth-order valence-corrected chi connectivity index (χ4v) is 3.67. The molecule has 0 saturated carbocycles. The van der Waals surface area contributed by atoms with Crippen LogP contribution in [0, 0.1) is 6.92 Å². The van der Waals surface area contributed by atoms with Crippen molar-refractivity contribution in [2.24, 2.45) is 0 Å². The number of benzene rings is 3. The first-order valence-corrected chi connectivity index (χ1v) is 9.26. The molecule has 0 atom stereocenters. The van der Waals surface area contributed by atoms with Gasteiger partial charge in [-0.1, -0.05) is 24.3 Å². The first kappa shape index (κ1) is 17.0. The van der Waals surface area contributed by atoms with Gasteiger partial charge in [0.15, 0.2) is 0 Å². The first-order valence-electron chi connectivity index (χ1n) is 7.78. The zero-order valence-corrected chi connectivity index (χ0v) is 14.5. The van der Waals surface area contributed by atoms with Crippen LogP contribution < -0.4 is 4.74 Å². The molecule has 0 unspecified atom stereocenters. The molecule has 3 aromatic rings. The number of hydrogen-bond acceptors (Lipinski definition) is 4. The van der Waals surface area contributed by atoms with Crippen LogP contribution in [0.5, 0.6) is 11.5 Å². The summed E-state index contributed by atoms with van der Waals surface area (Å²) in [6.07, 6.45) is 0. The van der Waals surface area contributed by atoms with Crippen molar-refractivity contribution in [3.05, 3.63) is 83.9 Å². The minimum atomic E-state index is -3.61. The maximum absolute atomic E-state index is 12.6. The fourth-order valence-electron chi connectivity index (χ4n) is 2.41. The molecule has 0 heterocycles. The van der Waals surface area contributed by atoms with E-state index in [2.05, 4.69) is 0 Å². The normalized spacial score (nSPS) is 11.2. The number of aromatic hydroxyl groups is 1. The molecule has 0 radical (unpaired) electrons. The third-order valence-electron chi connectivity index (χ3n) is 3.94. The molecule has 128 valence electrons. The predicted octanol–water partition coefficient (Wildman–Crippen LogP) is 4.11. The van der Waals surface area contributed by atoms with Crippen LogP contribution in [-0.2, 0) is 16.4 Å². The molecule has 3 aromatic carbocycles. The molecule has 4 nitrogen and oxygen atoms in total. The highest BCUT2D eigenvalue weighted by Crippen LogP contribution is 2.25. The van der Waals surface area contributed by atoms with Crippen molar-refractivity contribution in [1.82, 2.24) is 0 Å². The van der Waals surface area contributed by atoms with Crippen molar-refractivity contribution in [3.63, 3.8) is 0 Å². The van der Waals surface area contributed by atoms with Crippen LogP contribution >= 0.6 is 0 Å². The Hall–Kier alpha value is -2.79. The molecule has 5 heteroatoms. The van der Waals surface area contributed by atoms with Crippen molar-refractivity contribution in [2.45, 2.75) is 23.3 Å². The Balaban J connectivity index is 1.76. The lowest BCUT2D eigenvalue weighted by Gasteiger charge is -2.10. The van der Waals surface area contributed by atoms with Gasteiger partial charge in [0.25, 0.3) is 0 Å². The molecular formula is C20H18O4S. The molecule has 0 spiro atoms. The van der Waals surface area contributed by atoms with Gasteiger partial charge in [-0.15, -0.1) is 0 Å². The van der Waals surface area contributed by atoms with E-state index in [1.807, 2.05) is 31.2 Å². The molecule has 0 saturated heterocycles. The standard InChI is InChI=1S/C20H18O4S/c1-15-4-2-3-5-16(15)14-24-18-8-12-20(13-9-18)25(22,23)19-10-6-17(21)7-11-19/h2-13,21H,14H2,1H3. The van der Waals surface area contributed by atoms with E-state index in [-0.39, 0.29) is 15.5 Å². The number of rotatable bonds is 5. The predicted molar refractivity (Wildman–Crippen MR) is 95.5 cm³/mol. The van der Waals surface area contributed by atoms with Crippen LogP contribution in [0.15, 0.2) is 82.6 Å². The van der Waals surface area contributed by atoms with E-state index in [9.17, 15) is 13.5 Å². The zero-order valence-electron chi connectivity index (χ0n) is 13.7. The van der Waals surface area contributed by atoms with Gasteiger partial charge >= 0.3 is 0 Å². The quantitative estimate of drug-likeness (QED) is 0.749. The minimum absolute atomic E-state index is 0.0268. The summed E-state index contributed by atoms with van der Waals surface area (Å²) in [6, 6.07) is 19.8. The zero-order chi connectivity index (χ0) is 17.9. The third kappa shape index (κ3) is 3.83. The number of ether oxygens (including phenoxy) is 1. The molecule has 0 aliphatic heterocycles. The summed E-state index contributed by atoms with van der Waals surface area (Å²) < 4.78 is 30.9. The molecule has 0 aliphatic rings. The second-order valence-electron chi connectivity index (χ2n) is 5.68. The molecular weight excluding hydrogens is 336 g/mol. The Morgan fingerprint density at radius 1 is 0.840 bits per heavy atom. The lowest BCUT2D eigenvalue weighted by atomic mass is 10.1. The summed E-state index contributed by atoms with van der Waals surface area (Å²) in [5.74, 6) is 0.631. The van der Waals surface area contributed by atoms with Crippen molar-refractivity contribution >= 4 is 9.84 Å². The number of aryl methyl sites for hydroxylation is 1. The number of phenolic OH excluding ortho intramolecular Hbond substituents is 1. The highest BCUT2D eigenvalue weighted by atomic mass is 32.2. The maximum Gasteiger partial charge on any atom is 0.206 e. The molecule has 0 aromatic heterocycles. The first-order chi connectivity index (χ1) is 12.0. The number of hydrogen-bond donors (Lipinski definition) is 1. The van der Waals surface area contributed by atoms with Gasteiger partial charge in [-0.25, -0.2) is 8.42 Å². The Kier molecular flexibility index (Phi) is 4.76. The Morgan fingerprint density at radius 3 is 2.00 bits per heavy atom. The van der Waals surface area contributed by atoms with Gasteiger partial charge in [0.1, 0.15) is 18.1 Å². The fraction of sp³-hybridized carbons (Fsp3) is 0.100. The van der Waals surface area contributed by atoms with Crippen LogP contribution in [-0.4, -0.2) is 13.5 Å². The average Bonchev–Trinajstić information content (AvgIpc) is 2.62. The van der Waals surface area contributed by atoms with Crippen LogP contribution in [0.3, 0.4) is 0 Å². The van der Waals surface area contributed by atoms with E-state index in [0.29, 0.717) is 12.4 Å². The van der Waals surface area contributed by atoms with Crippen molar-refractivity contribution in [3.8, 4) is 11.5 Å².